The largest absolute Gasteiger partial charge is 0.475 e. The van der Waals surface area contributed by atoms with E-state index in [9.17, 15) is 4.79 Å². The van der Waals surface area contributed by atoms with Gasteiger partial charge in [0.15, 0.2) is 0 Å². The molecule has 0 aromatic rings. The third-order valence-corrected chi connectivity index (χ3v) is 3.57. The predicted molar refractivity (Wildman–Crippen MR) is 64.7 cm³/mol. The van der Waals surface area contributed by atoms with Gasteiger partial charge in [0.1, 0.15) is 0 Å². The second-order valence-corrected chi connectivity index (χ2v) is 4.72. The van der Waals surface area contributed by atoms with Crippen molar-refractivity contribution in [1.29, 1.82) is 0 Å². The van der Waals surface area contributed by atoms with Gasteiger partial charge in [-0.05, 0) is 38.8 Å². The van der Waals surface area contributed by atoms with E-state index in [1.807, 2.05) is 0 Å². The molecule has 0 aromatic heterocycles. The molecule has 2 aliphatic heterocycles. The highest BCUT2D eigenvalue weighted by Gasteiger charge is 2.26. The maximum Gasteiger partial charge on any atom is 0.373 e. The van der Waals surface area contributed by atoms with Crippen LogP contribution in [0.2, 0.25) is 0 Å². The van der Waals surface area contributed by atoms with E-state index >= 15 is 0 Å². The second kappa shape index (κ2) is 5.35. The topological polar surface area (TPSA) is 82.2 Å². The van der Waals surface area contributed by atoms with Gasteiger partial charge in [0.05, 0.1) is 0 Å². The number of nitrogens with two attached hydrogens (primary N) is 1. The van der Waals surface area contributed by atoms with E-state index in [4.69, 9.17) is 10.8 Å². The Hall–Kier alpha value is -1.30. The Morgan fingerprint density at radius 1 is 1.18 bits per heavy atom. The summed E-state index contributed by atoms with van der Waals surface area (Å²) in [6.07, 6.45) is 4.72. The molecular weight excluding hydrogens is 220 g/mol. The minimum atomic E-state index is -1.15. The smallest absolute Gasteiger partial charge is 0.373 e. The summed E-state index contributed by atoms with van der Waals surface area (Å²) in [5, 5.41) is 14.3. The standard InChI is InChI=1S/C11H20N4O2/c12-10(11(16)17)13-15-7-3-9(4-8-15)14-5-1-2-6-14/h9H,1-8H2,(H2,12,13)(H,16,17). The lowest BCUT2D eigenvalue weighted by Crippen LogP contribution is -2.43. The van der Waals surface area contributed by atoms with Crippen LogP contribution in [0.1, 0.15) is 25.7 Å². The van der Waals surface area contributed by atoms with Crippen LogP contribution < -0.4 is 5.73 Å². The van der Waals surface area contributed by atoms with Crippen molar-refractivity contribution in [3.63, 3.8) is 0 Å². The number of hydrazone groups is 1. The van der Waals surface area contributed by atoms with Crippen molar-refractivity contribution in [1.82, 2.24) is 9.91 Å². The molecule has 2 fully saturated rings. The van der Waals surface area contributed by atoms with E-state index in [1.165, 1.54) is 25.9 Å². The number of piperidine rings is 1. The molecule has 6 nitrogen and oxygen atoms in total. The summed E-state index contributed by atoms with van der Waals surface area (Å²) in [6.45, 7) is 4.03. The monoisotopic (exact) mass is 240 g/mol. The first kappa shape index (κ1) is 12.2. The van der Waals surface area contributed by atoms with Gasteiger partial charge in [-0.3, -0.25) is 5.01 Å². The molecule has 96 valence electrons. The van der Waals surface area contributed by atoms with Crippen molar-refractivity contribution in [2.24, 2.45) is 10.8 Å². The lowest BCUT2D eigenvalue weighted by atomic mass is 10.1. The summed E-state index contributed by atoms with van der Waals surface area (Å²) in [5.41, 5.74) is 5.30. The summed E-state index contributed by atoms with van der Waals surface area (Å²) in [6, 6.07) is 0.648. The number of aliphatic carboxylic acids is 1. The van der Waals surface area contributed by atoms with Gasteiger partial charge >= 0.3 is 5.97 Å². The highest BCUT2D eigenvalue weighted by molar-refractivity contribution is 6.33. The number of nitrogens with zero attached hydrogens (tertiary/aromatic N) is 3. The molecule has 2 aliphatic rings. The fourth-order valence-corrected chi connectivity index (χ4v) is 2.62. The van der Waals surface area contributed by atoms with Gasteiger partial charge in [0, 0.05) is 19.1 Å². The number of hydrogen-bond acceptors (Lipinski definition) is 4. The van der Waals surface area contributed by atoms with Crippen LogP contribution in [0.15, 0.2) is 5.10 Å². The molecule has 0 radical (unpaired) electrons. The summed E-state index contributed by atoms with van der Waals surface area (Å²) < 4.78 is 0. The normalized spacial score (nSPS) is 24.2. The van der Waals surface area contributed by atoms with E-state index < -0.39 is 5.97 Å². The Bertz CT molecular complexity index is 305. The number of amidine groups is 1. The molecule has 0 saturated carbocycles. The lowest BCUT2D eigenvalue weighted by molar-refractivity contribution is -0.129. The van der Waals surface area contributed by atoms with Crippen LogP contribution in [0.25, 0.3) is 0 Å². The molecule has 0 amide bonds. The van der Waals surface area contributed by atoms with Crippen molar-refractivity contribution in [2.45, 2.75) is 31.7 Å². The fourth-order valence-electron chi connectivity index (χ4n) is 2.62. The first-order chi connectivity index (χ1) is 8.16. The molecule has 6 heteroatoms. The molecular formula is C11H20N4O2. The predicted octanol–water partition coefficient (Wildman–Crippen LogP) is -0.0966. The van der Waals surface area contributed by atoms with E-state index in [1.54, 1.807) is 5.01 Å². The highest BCUT2D eigenvalue weighted by Crippen LogP contribution is 2.20. The second-order valence-electron chi connectivity index (χ2n) is 4.72. The molecule has 2 heterocycles. The summed E-state index contributed by atoms with van der Waals surface area (Å²) in [4.78, 5) is 13.1. The highest BCUT2D eigenvalue weighted by atomic mass is 16.4. The van der Waals surface area contributed by atoms with Gasteiger partial charge in [-0.2, -0.15) is 5.10 Å². The van der Waals surface area contributed by atoms with Crippen LogP contribution in [-0.4, -0.2) is 59.0 Å². The van der Waals surface area contributed by atoms with Crippen LogP contribution in [0.3, 0.4) is 0 Å². The quantitative estimate of drug-likeness (QED) is 0.520. The van der Waals surface area contributed by atoms with Crippen molar-refractivity contribution in [3.05, 3.63) is 0 Å². The molecule has 2 rings (SSSR count). The summed E-state index contributed by atoms with van der Waals surface area (Å²) in [7, 11) is 0. The molecule has 0 unspecified atom stereocenters. The molecule has 0 bridgehead atoms. The van der Waals surface area contributed by atoms with Crippen molar-refractivity contribution in [3.8, 4) is 0 Å². The number of carboxylic acid groups (broad SMARTS) is 1. The number of carbonyl (C=O) groups is 1. The summed E-state index contributed by atoms with van der Waals surface area (Å²) >= 11 is 0. The van der Waals surface area contributed by atoms with Gasteiger partial charge < -0.3 is 15.7 Å². The zero-order valence-electron chi connectivity index (χ0n) is 10.0. The summed E-state index contributed by atoms with van der Waals surface area (Å²) in [5.74, 6) is -1.46. The van der Waals surface area contributed by atoms with Crippen LogP contribution >= 0.6 is 0 Å². The van der Waals surface area contributed by atoms with Gasteiger partial charge in [0.2, 0.25) is 5.84 Å². The maximum atomic E-state index is 10.6. The Kier molecular flexibility index (Phi) is 3.83. The van der Waals surface area contributed by atoms with Crippen LogP contribution in [0.4, 0.5) is 0 Å². The third kappa shape index (κ3) is 3.09. The van der Waals surface area contributed by atoms with E-state index in [-0.39, 0.29) is 5.84 Å². The SMILES string of the molecule is N/C(=N\N1CCC(N2CCCC2)CC1)C(=O)O. The first-order valence-corrected chi connectivity index (χ1v) is 6.23. The van der Waals surface area contributed by atoms with Crippen molar-refractivity contribution in [2.75, 3.05) is 26.2 Å². The Balaban J connectivity index is 1.81. The minimum absolute atomic E-state index is 0.315. The van der Waals surface area contributed by atoms with Crippen LogP contribution in [0.5, 0.6) is 0 Å². The zero-order valence-corrected chi connectivity index (χ0v) is 10.0. The molecule has 2 saturated heterocycles. The zero-order chi connectivity index (χ0) is 12.3. The fraction of sp³-hybridized carbons (Fsp3) is 0.818. The Morgan fingerprint density at radius 3 is 2.29 bits per heavy atom. The molecule has 0 spiro atoms. The van der Waals surface area contributed by atoms with Gasteiger partial charge in [-0.15, -0.1) is 0 Å². The van der Waals surface area contributed by atoms with E-state index in [0.29, 0.717) is 6.04 Å². The Labute approximate surface area is 101 Å². The molecule has 0 aromatic carbocycles. The van der Waals surface area contributed by atoms with Crippen LogP contribution in [0, 0.1) is 0 Å². The van der Waals surface area contributed by atoms with E-state index in [0.717, 1.165) is 25.9 Å². The average molecular weight is 240 g/mol. The lowest BCUT2D eigenvalue weighted by Gasteiger charge is -2.35. The number of likely N-dealkylation sites (tertiary alicyclic amines) is 1. The maximum absolute atomic E-state index is 10.6. The number of carboxylic acids is 1. The van der Waals surface area contributed by atoms with Crippen LogP contribution in [-0.2, 0) is 4.79 Å². The molecule has 0 atom stereocenters. The minimum Gasteiger partial charge on any atom is -0.475 e. The van der Waals surface area contributed by atoms with Gasteiger partial charge in [0.25, 0.3) is 0 Å². The molecule has 0 aliphatic carbocycles. The molecule has 3 N–H and O–H groups in total. The van der Waals surface area contributed by atoms with Gasteiger partial charge in [-0.25, -0.2) is 4.79 Å². The number of rotatable bonds is 2. The first-order valence-electron chi connectivity index (χ1n) is 6.23. The Morgan fingerprint density at radius 2 is 1.76 bits per heavy atom. The molecule has 17 heavy (non-hydrogen) atoms. The van der Waals surface area contributed by atoms with Crippen molar-refractivity contribution < 1.29 is 9.90 Å². The van der Waals surface area contributed by atoms with E-state index in [2.05, 4.69) is 10.0 Å². The van der Waals surface area contributed by atoms with Gasteiger partial charge in [-0.1, -0.05) is 0 Å². The van der Waals surface area contributed by atoms with Crippen molar-refractivity contribution >= 4 is 11.8 Å². The number of hydrogen-bond donors (Lipinski definition) is 2. The average Bonchev–Trinajstić information content (AvgIpc) is 2.83. The third-order valence-electron chi connectivity index (χ3n) is 3.57.